The number of hydrogen-bond donors (Lipinski definition) is 1. The smallest absolute Gasteiger partial charge is 0.411 e. The fraction of sp³-hybridized carbons (Fsp3) is 0.853. The Labute approximate surface area is 269 Å². The first kappa shape index (κ1) is 37.4. The van der Waals surface area contributed by atoms with E-state index in [0.717, 1.165) is 0 Å². The molecule has 3 aliphatic heterocycles. The van der Waals surface area contributed by atoms with E-state index in [4.69, 9.17) is 23.7 Å². The average molecular weight is 639 g/mol. The third-order valence-corrected chi connectivity index (χ3v) is 10.3. The van der Waals surface area contributed by atoms with Gasteiger partial charge in [0.1, 0.15) is 18.0 Å². The number of ether oxygens (including phenoxy) is 5. The molecule has 2 fully saturated rings. The number of fused-ring (bicyclic) bond motifs is 1. The molecule has 3 rings (SSSR count). The highest BCUT2D eigenvalue weighted by molar-refractivity contribution is 5.88. The van der Waals surface area contributed by atoms with Crippen LogP contribution >= 0.6 is 0 Å². The maximum Gasteiger partial charge on any atom is 0.411 e. The summed E-state index contributed by atoms with van der Waals surface area (Å²) in [5, 5.41) is 11.3. The number of hydrogen-bond acceptors (Lipinski definition) is 10. The number of ketones is 1. The molecule has 11 nitrogen and oxygen atoms in total. The molecule has 3 heterocycles. The summed E-state index contributed by atoms with van der Waals surface area (Å²) < 4.78 is 31.1. The lowest BCUT2D eigenvalue weighted by atomic mass is 9.74. The van der Waals surface area contributed by atoms with Crippen molar-refractivity contribution in [2.24, 2.45) is 17.8 Å². The molecule has 1 amide bonds. The van der Waals surface area contributed by atoms with Gasteiger partial charge in [-0.05, 0) is 74.9 Å². The predicted molar refractivity (Wildman–Crippen MR) is 169 cm³/mol. The van der Waals surface area contributed by atoms with Crippen LogP contribution in [0, 0.1) is 17.8 Å². The monoisotopic (exact) mass is 638 g/mol. The molecule has 0 spiro atoms. The predicted octanol–water partition coefficient (Wildman–Crippen LogP) is 4.34. The number of amides is 1. The van der Waals surface area contributed by atoms with Gasteiger partial charge >= 0.3 is 12.1 Å². The van der Waals surface area contributed by atoms with Crippen molar-refractivity contribution in [1.82, 2.24) is 9.80 Å². The normalized spacial score (nSPS) is 43.4. The quantitative estimate of drug-likeness (QED) is 0.420. The van der Waals surface area contributed by atoms with E-state index in [0.29, 0.717) is 18.4 Å². The molecule has 0 aromatic heterocycles. The molecule has 0 saturated carbocycles. The first-order chi connectivity index (χ1) is 20.8. The summed E-state index contributed by atoms with van der Waals surface area (Å²) in [6, 6.07) is -1.10. The number of carbonyl (C=O) groups is 3. The van der Waals surface area contributed by atoms with Crippen LogP contribution in [0.15, 0.2) is 11.6 Å². The van der Waals surface area contributed by atoms with Crippen LogP contribution in [0.4, 0.5) is 4.79 Å². The second-order valence-electron chi connectivity index (χ2n) is 14.5. The lowest BCUT2D eigenvalue weighted by Crippen LogP contribution is -2.59. The van der Waals surface area contributed by atoms with Gasteiger partial charge in [-0.25, -0.2) is 9.59 Å². The van der Waals surface area contributed by atoms with E-state index in [9.17, 15) is 19.5 Å². The summed E-state index contributed by atoms with van der Waals surface area (Å²) in [5.74, 6) is -2.18. The number of methoxy groups -OCH3 is 1. The number of Topliss-reactive ketones (excluding diaryl/α,β-unsaturated/α-hetero) is 1. The number of esters is 1. The molecule has 258 valence electrons. The number of aliphatic hydroxyl groups is 1. The number of nitrogens with zero attached hydrogens (tertiary/aromatic N) is 2. The molecule has 0 aromatic carbocycles. The average Bonchev–Trinajstić information content (AvgIpc) is 3.24. The number of rotatable bonds is 6. The molecule has 0 aromatic rings. The van der Waals surface area contributed by atoms with Crippen molar-refractivity contribution in [2.75, 3.05) is 21.2 Å². The topological polar surface area (TPSA) is 124 Å². The van der Waals surface area contributed by atoms with Gasteiger partial charge in [-0.1, -0.05) is 33.8 Å². The van der Waals surface area contributed by atoms with Crippen LogP contribution in [0.5, 0.6) is 0 Å². The summed E-state index contributed by atoms with van der Waals surface area (Å²) in [7, 11) is 5.40. The molecule has 2 saturated heterocycles. The molecular formula is C34H58N2O9. The third kappa shape index (κ3) is 7.43. The Balaban J connectivity index is 2.14. The number of aliphatic hydroxyl groups excluding tert-OH is 1. The first-order valence-corrected chi connectivity index (χ1v) is 16.5. The number of carbonyl (C=O) groups excluding carboxylic acids is 3. The highest BCUT2D eigenvalue weighted by atomic mass is 16.7. The molecule has 0 radical (unpaired) electrons. The fourth-order valence-electron chi connectivity index (χ4n) is 7.85. The van der Waals surface area contributed by atoms with Gasteiger partial charge in [0.05, 0.1) is 23.9 Å². The molecule has 45 heavy (non-hydrogen) atoms. The molecule has 0 bridgehead atoms. The summed E-state index contributed by atoms with van der Waals surface area (Å²) >= 11 is 0. The van der Waals surface area contributed by atoms with Gasteiger partial charge in [0.25, 0.3) is 0 Å². The van der Waals surface area contributed by atoms with Crippen molar-refractivity contribution in [3.63, 3.8) is 0 Å². The molecule has 0 aliphatic carbocycles. The van der Waals surface area contributed by atoms with Gasteiger partial charge < -0.3 is 33.7 Å². The van der Waals surface area contributed by atoms with Crippen molar-refractivity contribution >= 4 is 17.8 Å². The molecule has 12 atom stereocenters. The second-order valence-corrected chi connectivity index (χ2v) is 14.5. The molecule has 11 heteroatoms. The van der Waals surface area contributed by atoms with Crippen molar-refractivity contribution < 1.29 is 43.2 Å². The Morgan fingerprint density at radius 1 is 1.13 bits per heavy atom. The maximum absolute atomic E-state index is 14.3. The summed E-state index contributed by atoms with van der Waals surface area (Å²) in [6.45, 7) is 18.5. The van der Waals surface area contributed by atoms with Crippen molar-refractivity contribution in [3.8, 4) is 0 Å². The molecule has 3 aliphatic rings. The van der Waals surface area contributed by atoms with Gasteiger partial charge in [-0.2, -0.15) is 0 Å². The maximum atomic E-state index is 14.3. The Morgan fingerprint density at radius 3 is 2.29 bits per heavy atom. The highest BCUT2D eigenvalue weighted by Crippen LogP contribution is 2.43. The first-order valence-electron chi connectivity index (χ1n) is 16.5. The van der Waals surface area contributed by atoms with E-state index >= 15 is 0 Å². The second kappa shape index (κ2) is 14.4. The molecule has 1 N–H and O–H groups in total. The van der Waals surface area contributed by atoms with E-state index < -0.39 is 71.7 Å². The fourth-order valence-corrected chi connectivity index (χ4v) is 7.85. The van der Waals surface area contributed by atoms with E-state index in [-0.39, 0.29) is 30.4 Å². The van der Waals surface area contributed by atoms with Crippen LogP contribution in [-0.4, -0.2) is 114 Å². The van der Waals surface area contributed by atoms with Gasteiger partial charge in [0.15, 0.2) is 11.9 Å². The van der Waals surface area contributed by atoms with E-state index in [2.05, 4.69) is 0 Å². The zero-order chi connectivity index (χ0) is 34.2. The van der Waals surface area contributed by atoms with Gasteiger partial charge in [0, 0.05) is 42.5 Å². The molecule has 0 unspecified atom stereocenters. The largest absolute Gasteiger partial charge is 0.455 e. The van der Waals surface area contributed by atoms with Crippen molar-refractivity contribution in [2.45, 2.75) is 149 Å². The Bertz CT molecular complexity index is 1110. The van der Waals surface area contributed by atoms with E-state index in [1.165, 1.54) is 0 Å². The Morgan fingerprint density at radius 2 is 1.76 bits per heavy atom. The number of likely N-dealkylation sites (N-methyl/N-ethyl adjacent to an activating group) is 1. The van der Waals surface area contributed by atoms with Crippen LogP contribution in [0.1, 0.15) is 88.5 Å². The Kier molecular flexibility index (Phi) is 12.0. The zero-order valence-corrected chi connectivity index (χ0v) is 29.7. The lowest BCUT2D eigenvalue weighted by molar-refractivity contribution is -0.294. The van der Waals surface area contributed by atoms with Crippen molar-refractivity contribution in [3.05, 3.63) is 11.6 Å². The van der Waals surface area contributed by atoms with Crippen LogP contribution < -0.4 is 0 Å². The minimum absolute atomic E-state index is 0.0648. The Hall–Kier alpha value is -2.05. The summed E-state index contributed by atoms with van der Waals surface area (Å²) in [6.07, 6.45) is -1.01. The zero-order valence-electron chi connectivity index (χ0n) is 29.7. The van der Waals surface area contributed by atoms with Crippen LogP contribution in [-0.2, 0) is 33.3 Å². The van der Waals surface area contributed by atoms with Gasteiger partial charge in [-0.15, -0.1) is 0 Å². The van der Waals surface area contributed by atoms with E-state index in [1.54, 1.807) is 31.9 Å². The van der Waals surface area contributed by atoms with Crippen molar-refractivity contribution in [1.29, 1.82) is 0 Å². The van der Waals surface area contributed by atoms with Crippen LogP contribution in [0.25, 0.3) is 0 Å². The van der Waals surface area contributed by atoms with Crippen LogP contribution in [0.3, 0.4) is 0 Å². The summed E-state index contributed by atoms with van der Waals surface area (Å²) in [5.41, 5.74) is -1.93. The minimum Gasteiger partial charge on any atom is -0.455 e. The summed E-state index contributed by atoms with van der Waals surface area (Å²) in [4.78, 5) is 44.8. The lowest BCUT2D eigenvalue weighted by Gasteiger charge is -2.47. The molecular weight excluding hydrogens is 580 g/mol. The van der Waals surface area contributed by atoms with Gasteiger partial charge in [0.2, 0.25) is 0 Å². The standard InChI is InChI=1S/C34H58N2O9/c1-14-25-34(10)28(36(18(2)3)32(40)45-34)23(8)26(37)21(6)17-33(9,41-13)29(19(4)15-20(5)30(39)43-25)44-31-27(38)24(35(11)12)16-22(7)42-31/h15,18-19,21-25,27-29,31,38H,14,16-17H2,1-13H3/b20-15+/t19-,21+,22+,23-,24-,25+,27+,28+,29+,31-,33+,34+/m0/s1. The van der Waals surface area contributed by atoms with Gasteiger partial charge in [-0.3, -0.25) is 9.69 Å². The SMILES string of the molecule is CC[C@H]1OC(=O)/C(C)=C/[C@H](C)[C@@H](O[C@@H]2O[C@H](C)C[C@H](N(C)C)[C@H]2O)[C@](C)(OC)C[C@@H](C)C(=O)[C@H](C)[C@H]2N(C(C)C)C(=O)O[C@]12C. The third-order valence-electron chi connectivity index (χ3n) is 10.3. The van der Waals surface area contributed by atoms with Crippen LogP contribution in [0.2, 0.25) is 0 Å². The number of cyclic esters (lactones) is 1. The minimum atomic E-state index is -1.25. The van der Waals surface area contributed by atoms with E-state index in [1.807, 2.05) is 74.4 Å². The highest BCUT2D eigenvalue weighted by Gasteiger charge is 2.60.